The van der Waals surface area contributed by atoms with Crippen molar-refractivity contribution in [1.82, 2.24) is 14.6 Å². The molecule has 2 heterocycles. The molecule has 1 amide bonds. The summed E-state index contributed by atoms with van der Waals surface area (Å²) in [4.78, 5) is 17.6. The van der Waals surface area contributed by atoms with Crippen LogP contribution in [0.5, 0.6) is 0 Å². The number of likely N-dealkylation sites (tertiary alicyclic amines) is 1. The smallest absolute Gasteiger partial charge is 0.275 e. The standard InChI is InChI=1S/C14H21N3O4S/c1-10(17-7-3-2-4-12(17)18)8-16-22(19,20)13-9-15-14(21-13)11-5-6-11/h9-11,16H,2-8H2,1H3. The number of carbonyl (C=O) groups excluding carboxylic acids is 1. The van der Waals surface area contributed by atoms with E-state index in [2.05, 4.69) is 9.71 Å². The van der Waals surface area contributed by atoms with Crippen LogP contribution >= 0.6 is 0 Å². The SMILES string of the molecule is CC(CNS(=O)(=O)c1cnc(C2CC2)o1)N1CCCCC1=O. The minimum Gasteiger partial charge on any atom is -0.428 e. The molecule has 8 heteroatoms. The highest BCUT2D eigenvalue weighted by atomic mass is 32.2. The number of carbonyl (C=O) groups is 1. The molecule has 3 rings (SSSR count). The summed E-state index contributed by atoms with van der Waals surface area (Å²) in [6.45, 7) is 2.71. The van der Waals surface area contributed by atoms with Gasteiger partial charge in [0.15, 0.2) is 5.89 Å². The number of hydrogen-bond donors (Lipinski definition) is 1. The fourth-order valence-electron chi connectivity index (χ4n) is 2.62. The Morgan fingerprint density at radius 3 is 2.91 bits per heavy atom. The Labute approximate surface area is 130 Å². The van der Waals surface area contributed by atoms with Crippen molar-refractivity contribution in [3.8, 4) is 0 Å². The van der Waals surface area contributed by atoms with Crippen LogP contribution in [0.2, 0.25) is 0 Å². The molecule has 1 unspecified atom stereocenters. The van der Waals surface area contributed by atoms with Gasteiger partial charge in [-0.25, -0.2) is 18.1 Å². The second-order valence-corrected chi connectivity index (χ2v) is 7.73. The van der Waals surface area contributed by atoms with Crippen LogP contribution in [0.3, 0.4) is 0 Å². The Morgan fingerprint density at radius 1 is 1.45 bits per heavy atom. The summed E-state index contributed by atoms with van der Waals surface area (Å²) in [5.41, 5.74) is 0. The van der Waals surface area contributed by atoms with Crippen molar-refractivity contribution in [3.63, 3.8) is 0 Å². The summed E-state index contributed by atoms with van der Waals surface area (Å²) in [5, 5.41) is -0.147. The topological polar surface area (TPSA) is 92.5 Å². The van der Waals surface area contributed by atoms with Crippen molar-refractivity contribution in [2.45, 2.75) is 56.1 Å². The minimum atomic E-state index is -3.71. The third-order valence-electron chi connectivity index (χ3n) is 4.15. The summed E-state index contributed by atoms with van der Waals surface area (Å²) in [7, 11) is -3.71. The maximum Gasteiger partial charge on any atom is 0.275 e. The first-order valence-electron chi connectivity index (χ1n) is 7.72. The molecule has 1 N–H and O–H groups in total. The van der Waals surface area contributed by atoms with E-state index in [0.29, 0.717) is 18.9 Å². The number of nitrogens with one attached hydrogen (secondary N) is 1. The lowest BCUT2D eigenvalue weighted by molar-refractivity contribution is -0.135. The van der Waals surface area contributed by atoms with Gasteiger partial charge in [-0.15, -0.1) is 0 Å². The molecule has 1 aliphatic heterocycles. The summed E-state index contributed by atoms with van der Waals surface area (Å²) >= 11 is 0. The third kappa shape index (κ3) is 3.33. The summed E-state index contributed by atoms with van der Waals surface area (Å²) in [6.07, 6.45) is 5.69. The predicted molar refractivity (Wildman–Crippen MR) is 78.7 cm³/mol. The Hall–Kier alpha value is -1.41. The molecule has 1 saturated heterocycles. The summed E-state index contributed by atoms with van der Waals surface area (Å²) < 4.78 is 32.3. The quantitative estimate of drug-likeness (QED) is 0.848. The fraction of sp³-hybridized carbons (Fsp3) is 0.714. The van der Waals surface area contributed by atoms with Crippen molar-refractivity contribution in [3.05, 3.63) is 12.1 Å². The molecule has 0 aromatic carbocycles. The number of piperidine rings is 1. The van der Waals surface area contributed by atoms with Crippen molar-refractivity contribution >= 4 is 15.9 Å². The molecular weight excluding hydrogens is 306 g/mol. The Kier molecular flexibility index (Phi) is 4.22. The number of oxazole rings is 1. The van der Waals surface area contributed by atoms with E-state index in [1.54, 1.807) is 4.90 Å². The molecule has 2 aliphatic rings. The van der Waals surface area contributed by atoms with E-state index < -0.39 is 10.0 Å². The van der Waals surface area contributed by atoms with E-state index in [4.69, 9.17) is 4.42 Å². The van der Waals surface area contributed by atoms with Crippen LogP contribution in [-0.4, -0.2) is 43.3 Å². The van der Waals surface area contributed by atoms with Crippen molar-refractivity contribution in [2.75, 3.05) is 13.1 Å². The van der Waals surface area contributed by atoms with Gasteiger partial charge in [-0.3, -0.25) is 4.79 Å². The molecule has 0 spiro atoms. The van der Waals surface area contributed by atoms with Gasteiger partial charge in [-0.05, 0) is 32.6 Å². The zero-order chi connectivity index (χ0) is 15.7. The van der Waals surface area contributed by atoms with E-state index in [1.165, 1.54) is 6.20 Å². The van der Waals surface area contributed by atoms with Crippen LogP contribution in [0.15, 0.2) is 15.7 Å². The number of rotatable bonds is 6. The minimum absolute atomic E-state index is 0.0913. The van der Waals surface area contributed by atoms with E-state index in [0.717, 1.165) is 25.7 Å². The number of sulfonamides is 1. The largest absolute Gasteiger partial charge is 0.428 e. The first kappa shape index (κ1) is 15.5. The molecule has 1 atom stereocenters. The lowest BCUT2D eigenvalue weighted by Gasteiger charge is -2.32. The number of hydrogen-bond acceptors (Lipinski definition) is 5. The fourth-order valence-corrected chi connectivity index (χ4v) is 3.61. The normalized spacial score (nSPS) is 21.1. The average Bonchev–Trinajstić information content (AvgIpc) is 3.22. The highest BCUT2D eigenvalue weighted by molar-refractivity contribution is 7.89. The number of aromatic nitrogens is 1. The maximum absolute atomic E-state index is 12.2. The predicted octanol–water partition coefficient (Wildman–Crippen LogP) is 1.23. The lowest BCUT2D eigenvalue weighted by Crippen LogP contribution is -2.47. The number of amides is 1. The van der Waals surface area contributed by atoms with Crippen molar-refractivity contribution in [2.24, 2.45) is 0 Å². The maximum atomic E-state index is 12.2. The molecular formula is C14H21N3O4S. The van der Waals surface area contributed by atoms with Crippen LogP contribution < -0.4 is 4.72 Å². The Bertz CT molecular complexity index is 651. The zero-order valence-electron chi connectivity index (χ0n) is 12.6. The van der Waals surface area contributed by atoms with Gasteiger partial charge in [0, 0.05) is 31.5 Å². The number of nitrogens with zero attached hydrogens (tertiary/aromatic N) is 2. The molecule has 1 aliphatic carbocycles. The van der Waals surface area contributed by atoms with Crippen LogP contribution in [0.4, 0.5) is 0 Å². The molecule has 2 fully saturated rings. The van der Waals surface area contributed by atoms with Crippen LogP contribution in [0.25, 0.3) is 0 Å². The molecule has 7 nitrogen and oxygen atoms in total. The van der Waals surface area contributed by atoms with E-state index in [9.17, 15) is 13.2 Å². The van der Waals surface area contributed by atoms with Gasteiger partial charge in [0.1, 0.15) is 0 Å². The van der Waals surface area contributed by atoms with E-state index in [-0.39, 0.29) is 29.5 Å². The third-order valence-corrected chi connectivity index (χ3v) is 5.42. The molecule has 1 aromatic rings. The zero-order valence-corrected chi connectivity index (χ0v) is 13.4. The van der Waals surface area contributed by atoms with Gasteiger partial charge in [0.05, 0.1) is 6.20 Å². The first-order chi connectivity index (χ1) is 10.5. The van der Waals surface area contributed by atoms with Gasteiger partial charge < -0.3 is 9.32 Å². The van der Waals surface area contributed by atoms with Gasteiger partial charge >= 0.3 is 0 Å². The van der Waals surface area contributed by atoms with Crippen LogP contribution in [0.1, 0.15) is 50.8 Å². The first-order valence-corrected chi connectivity index (χ1v) is 9.20. The molecule has 0 radical (unpaired) electrons. The van der Waals surface area contributed by atoms with Crippen molar-refractivity contribution < 1.29 is 17.6 Å². The Morgan fingerprint density at radius 2 is 2.23 bits per heavy atom. The van der Waals surface area contributed by atoms with Gasteiger partial charge in [0.25, 0.3) is 15.1 Å². The summed E-state index contributed by atoms with van der Waals surface area (Å²) in [6, 6.07) is -0.173. The molecule has 1 saturated carbocycles. The van der Waals surface area contributed by atoms with E-state index in [1.807, 2.05) is 6.92 Å². The second-order valence-electron chi connectivity index (χ2n) is 6.04. The average molecular weight is 327 g/mol. The molecule has 22 heavy (non-hydrogen) atoms. The monoisotopic (exact) mass is 327 g/mol. The molecule has 0 bridgehead atoms. The second kappa shape index (κ2) is 6.00. The van der Waals surface area contributed by atoms with Crippen LogP contribution in [-0.2, 0) is 14.8 Å². The summed E-state index contributed by atoms with van der Waals surface area (Å²) in [5.74, 6) is 0.863. The van der Waals surface area contributed by atoms with E-state index >= 15 is 0 Å². The van der Waals surface area contributed by atoms with Gasteiger partial charge in [-0.2, -0.15) is 0 Å². The van der Waals surface area contributed by atoms with Gasteiger partial charge in [-0.1, -0.05) is 0 Å². The highest BCUT2D eigenvalue weighted by Gasteiger charge is 2.31. The highest BCUT2D eigenvalue weighted by Crippen LogP contribution is 2.39. The van der Waals surface area contributed by atoms with Crippen LogP contribution in [0, 0.1) is 0 Å². The lowest BCUT2D eigenvalue weighted by atomic mass is 10.1. The molecule has 122 valence electrons. The van der Waals surface area contributed by atoms with Crippen molar-refractivity contribution in [1.29, 1.82) is 0 Å². The molecule has 1 aromatic heterocycles. The Balaban J connectivity index is 1.59. The van der Waals surface area contributed by atoms with Gasteiger partial charge in [0.2, 0.25) is 5.91 Å².